The predicted molar refractivity (Wildman–Crippen MR) is 93.8 cm³/mol. The van der Waals surface area contributed by atoms with Gasteiger partial charge in [0, 0.05) is 11.6 Å². The van der Waals surface area contributed by atoms with Gasteiger partial charge in [0.15, 0.2) is 6.04 Å². The van der Waals surface area contributed by atoms with Gasteiger partial charge in [-0.2, -0.15) is 0 Å². The lowest BCUT2D eigenvalue weighted by molar-refractivity contribution is -0.908. The van der Waals surface area contributed by atoms with E-state index >= 15 is 0 Å². The number of carbonyl (C=O) groups is 1. The number of hydrogen-bond donors (Lipinski definition) is 2. The van der Waals surface area contributed by atoms with Crippen LogP contribution in [0, 0.1) is 0 Å². The second-order valence-electron chi connectivity index (χ2n) is 6.46. The van der Waals surface area contributed by atoms with Crippen LogP contribution in [-0.2, 0) is 11.3 Å². The SMILES string of the molecule is COc1ccc2cc(C[NH+](C)[C@@H](C)C(=O)NC(C)C)ccc2c1. The second-order valence-corrected chi connectivity index (χ2v) is 6.46. The summed E-state index contributed by atoms with van der Waals surface area (Å²) in [6.45, 7) is 6.75. The minimum atomic E-state index is -0.0797. The standard InChI is InChI=1S/C19H26N2O2/c1-13(2)20-19(22)14(3)21(4)12-15-6-7-17-11-18(23-5)9-8-16(17)10-15/h6-11,13-14H,12H2,1-5H3,(H,20,22)/p+1/t14-/m0/s1. The molecule has 2 aromatic carbocycles. The average molecular weight is 315 g/mol. The van der Waals surface area contributed by atoms with Crippen molar-refractivity contribution in [3.8, 4) is 5.75 Å². The van der Waals surface area contributed by atoms with Crippen molar-refractivity contribution in [2.45, 2.75) is 39.4 Å². The quantitative estimate of drug-likeness (QED) is 0.853. The molecule has 124 valence electrons. The first-order chi connectivity index (χ1) is 10.9. The van der Waals surface area contributed by atoms with Crippen LogP contribution in [0.3, 0.4) is 0 Å². The number of hydrogen-bond acceptors (Lipinski definition) is 2. The number of amides is 1. The smallest absolute Gasteiger partial charge is 0.278 e. The molecule has 2 atom stereocenters. The highest BCUT2D eigenvalue weighted by atomic mass is 16.5. The number of methoxy groups -OCH3 is 1. The van der Waals surface area contributed by atoms with Crippen LogP contribution in [0.4, 0.5) is 0 Å². The van der Waals surface area contributed by atoms with E-state index in [1.807, 2.05) is 32.9 Å². The van der Waals surface area contributed by atoms with Gasteiger partial charge in [-0.1, -0.05) is 18.2 Å². The number of nitrogens with one attached hydrogen (secondary N) is 2. The van der Waals surface area contributed by atoms with Gasteiger partial charge in [0.05, 0.1) is 14.2 Å². The minimum absolute atomic E-state index is 0.0797. The molecule has 2 rings (SSSR count). The van der Waals surface area contributed by atoms with Gasteiger partial charge in [0.25, 0.3) is 5.91 Å². The van der Waals surface area contributed by atoms with E-state index in [4.69, 9.17) is 4.74 Å². The van der Waals surface area contributed by atoms with E-state index in [0.29, 0.717) is 0 Å². The Morgan fingerprint density at radius 3 is 2.43 bits per heavy atom. The summed E-state index contributed by atoms with van der Waals surface area (Å²) in [6.07, 6.45) is 0. The highest BCUT2D eigenvalue weighted by molar-refractivity contribution is 5.84. The molecular weight excluding hydrogens is 288 g/mol. The number of rotatable bonds is 6. The first-order valence-electron chi connectivity index (χ1n) is 8.10. The Kier molecular flexibility index (Phi) is 5.61. The molecule has 0 spiro atoms. The first-order valence-corrected chi connectivity index (χ1v) is 8.10. The summed E-state index contributed by atoms with van der Waals surface area (Å²) >= 11 is 0. The summed E-state index contributed by atoms with van der Waals surface area (Å²) in [7, 11) is 3.74. The van der Waals surface area contributed by atoms with Crippen molar-refractivity contribution in [2.24, 2.45) is 0 Å². The normalized spacial score (nSPS) is 13.8. The molecule has 0 aromatic heterocycles. The van der Waals surface area contributed by atoms with Crippen LogP contribution in [0.5, 0.6) is 5.75 Å². The Morgan fingerprint density at radius 1 is 1.13 bits per heavy atom. The van der Waals surface area contributed by atoms with Crippen LogP contribution < -0.4 is 15.0 Å². The van der Waals surface area contributed by atoms with Gasteiger partial charge in [-0.15, -0.1) is 0 Å². The lowest BCUT2D eigenvalue weighted by Crippen LogP contribution is -3.12. The van der Waals surface area contributed by atoms with Crippen molar-refractivity contribution < 1.29 is 14.4 Å². The summed E-state index contributed by atoms with van der Waals surface area (Å²) in [5.74, 6) is 0.968. The number of benzene rings is 2. The molecule has 0 aliphatic carbocycles. The number of likely N-dealkylation sites (N-methyl/N-ethyl adjacent to an activating group) is 1. The minimum Gasteiger partial charge on any atom is -0.497 e. The summed E-state index contributed by atoms with van der Waals surface area (Å²) in [4.78, 5) is 13.3. The van der Waals surface area contributed by atoms with E-state index in [0.717, 1.165) is 17.7 Å². The molecule has 0 radical (unpaired) electrons. The molecule has 4 heteroatoms. The summed E-state index contributed by atoms with van der Waals surface area (Å²) < 4.78 is 5.26. The molecule has 2 N–H and O–H groups in total. The van der Waals surface area contributed by atoms with Crippen molar-refractivity contribution in [2.75, 3.05) is 14.2 Å². The fourth-order valence-electron chi connectivity index (χ4n) is 2.62. The van der Waals surface area contributed by atoms with Crippen molar-refractivity contribution >= 4 is 16.7 Å². The molecule has 0 saturated carbocycles. The molecule has 0 fully saturated rings. The maximum Gasteiger partial charge on any atom is 0.278 e. The molecule has 4 nitrogen and oxygen atoms in total. The summed E-state index contributed by atoms with van der Waals surface area (Å²) in [6, 6.07) is 12.6. The maximum atomic E-state index is 12.1. The zero-order valence-electron chi connectivity index (χ0n) is 14.6. The fourth-order valence-corrected chi connectivity index (χ4v) is 2.62. The van der Waals surface area contributed by atoms with Gasteiger partial charge in [-0.3, -0.25) is 4.79 Å². The molecule has 0 aliphatic heterocycles. The predicted octanol–water partition coefficient (Wildman–Crippen LogP) is 1.78. The molecule has 1 amide bonds. The second kappa shape index (κ2) is 7.47. The largest absolute Gasteiger partial charge is 0.497 e. The van der Waals surface area contributed by atoms with Gasteiger partial charge in [0.1, 0.15) is 12.3 Å². The van der Waals surface area contributed by atoms with Crippen LogP contribution >= 0.6 is 0 Å². The lowest BCUT2D eigenvalue weighted by Gasteiger charge is -2.22. The maximum absolute atomic E-state index is 12.1. The average Bonchev–Trinajstić information content (AvgIpc) is 2.52. The van der Waals surface area contributed by atoms with E-state index in [1.165, 1.54) is 15.8 Å². The van der Waals surface area contributed by atoms with Crippen LogP contribution in [0.2, 0.25) is 0 Å². The third-order valence-electron chi connectivity index (χ3n) is 4.16. The summed E-state index contributed by atoms with van der Waals surface area (Å²) in [5.41, 5.74) is 1.23. The zero-order valence-corrected chi connectivity index (χ0v) is 14.6. The van der Waals surface area contributed by atoms with Gasteiger partial charge < -0.3 is 15.0 Å². The van der Waals surface area contributed by atoms with Crippen LogP contribution in [-0.4, -0.2) is 32.1 Å². The van der Waals surface area contributed by atoms with Gasteiger partial charge in [0.2, 0.25) is 0 Å². The van der Waals surface area contributed by atoms with E-state index in [-0.39, 0.29) is 18.0 Å². The highest BCUT2D eigenvalue weighted by Crippen LogP contribution is 2.21. The van der Waals surface area contributed by atoms with Crippen LogP contribution in [0.15, 0.2) is 36.4 Å². The first kappa shape index (κ1) is 17.3. The van der Waals surface area contributed by atoms with Gasteiger partial charge in [-0.05, 0) is 49.7 Å². The van der Waals surface area contributed by atoms with E-state index in [1.54, 1.807) is 7.11 Å². The van der Waals surface area contributed by atoms with Crippen molar-refractivity contribution in [1.29, 1.82) is 0 Å². The van der Waals surface area contributed by atoms with E-state index < -0.39 is 0 Å². The van der Waals surface area contributed by atoms with Gasteiger partial charge in [-0.25, -0.2) is 0 Å². The molecule has 2 aromatic rings. The lowest BCUT2D eigenvalue weighted by atomic mass is 10.1. The number of quaternary nitrogens is 1. The Morgan fingerprint density at radius 2 is 1.78 bits per heavy atom. The van der Waals surface area contributed by atoms with Crippen LogP contribution in [0.25, 0.3) is 10.8 Å². The van der Waals surface area contributed by atoms with Crippen molar-refractivity contribution in [1.82, 2.24) is 5.32 Å². The fraction of sp³-hybridized carbons (Fsp3) is 0.421. The third-order valence-corrected chi connectivity index (χ3v) is 4.16. The van der Waals surface area contributed by atoms with Crippen molar-refractivity contribution in [3.63, 3.8) is 0 Å². The Labute approximate surface area is 138 Å². The topological polar surface area (TPSA) is 42.8 Å². The molecule has 0 saturated heterocycles. The van der Waals surface area contributed by atoms with Gasteiger partial charge >= 0.3 is 0 Å². The summed E-state index contributed by atoms with van der Waals surface area (Å²) in [5, 5.41) is 5.33. The Balaban J connectivity index is 2.10. The Hall–Kier alpha value is -2.07. The number of ether oxygens (including phenoxy) is 1. The van der Waals surface area contributed by atoms with Crippen molar-refractivity contribution in [3.05, 3.63) is 42.0 Å². The molecule has 0 heterocycles. The molecule has 0 bridgehead atoms. The number of carbonyl (C=O) groups excluding carboxylic acids is 1. The molecule has 1 unspecified atom stereocenters. The zero-order chi connectivity index (χ0) is 17.0. The molecule has 0 aliphatic rings. The monoisotopic (exact) mass is 315 g/mol. The number of fused-ring (bicyclic) bond motifs is 1. The molecule has 23 heavy (non-hydrogen) atoms. The van der Waals surface area contributed by atoms with E-state index in [2.05, 4.69) is 36.6 Å². The molecular formula is C19H27N2O2+. The highest BCUT2D eigenvalue weighted by Gasteiger charge is 2.22. The third kappa shape index (κ3) is 4.45. The Bertz CT molecular complexity index is 682. The van der Waals surface area contributed by atoms with Crippen LogP contribution in [0.1, 0.15) is 26.3 Å². The van der Waals surface area contributed by atoms with E-state index in [9.17, 15) is 4.79 Å².